The summed E-state index contributed by atoms with van der Waals surface area (Å²) in [5.41, 5.74) is 6.37. The van der Waals surface area contributed by atoms with Crippen LogP contribution in [0.3, 0.4) is 0 Å². The van der Waals surface area contributed by atoms with Gasteiger partial charge in [0, 0.05) is 29.8 Å². The van der Waals surface area contributed by atoms with Crippen LogP contribution in [0.2, 0.25) is 0 Å². The number of aromatic nitrogens is 2. The maximum Gasteiger partial charge on any atom is 0.309 e. The first-order valence-electron chi connectivity index (χ1n) is 13.4. The minimum Gasteiger partial charge on any atom is -0.497 e. The van der Waals surface area contributed by atoms with Crippen LogP contribution in [0.25, 0.3) is 28.1 Å². The highest BCUT2D eigenvalue weighted by Crippen LogP contribution is 2.44. The number of carbonyl (C=O) groups is 2. The van der Waals surface area contributed by atoms with Crippen LogP contribution in [-0.2, 0) is 4.79 Å². The first-order valence-corrected chi connectivity index (χ1v) is 13.4. The molecule has 1 amide bonds. The van der Waals surface area contributed by atoms with E-state index in [1.54, 1.807) is 31.0 Å². The van der Waals surface area contributed by atoms with Crippen molar-refractivity contribution in [1.29, 1.82) is 0 Å². The molecule has 0 bridgehead atoms. The molecular formula is C34H31N3O5. The van der Waals surface area contributed by atoms with Crippen molar-refractivity contribution < 1.29 is 23.8 Å². The van der Waals surface area contributed by atoms with Crippen molar-refractivity contribution >= 4 is 17.6 Å². The van der Waals surface area contributed by atoms with Crippen LogP contribution >= 0.6 is 0 Å². The van der Waals surface area contributed by atoms with Crippen LogP contribution in [0.15, 0.2) is 91.0 Å². The number of ether oxygens (including phenoxy) is 3. The monoisotopic (exact) mass is 561 g/mol. The number of nitrogens with zero attached hydrogens (tertiary/aromatic N) is 2. The van der Waals surface area contributed by atoms with Gasteiger partial charge < -0.3 is 19.5 Å². The molecule has 0 atom stereocenters. The van der Waals surface area contributed by atoms with Gasteiger partial charge in [0.15, 0.2) is 0 Å². The Bertz CT molecular complexity index is 1770. The third-order valence-electron chi connectivity index (χ3n) is 6.91. The summed E-state index contributed by atoms with van der Waals surface area (Å²) in [5.74, 6) is 0.756. The first-order chi connectivity index (χ1) is 20.3. The number of rotatable bonds is 8. The number of esters is 1. The summed E-state index contributed by atoms with van der Waals surface area (Å²) in [5, 5.41) is 7.94. The van der Waals surface area contributed by atoms with E-state index >= 15 is 0 Å². The van der Waals surface area contributed by atoms with Crippen LogP contribution in [-0.4, -0.2) is 35.9 Å². The molecule has 0 fully saturated rings. The maximum absolute atomic E-state index is 12.9. The van der Waals surface area contributed by atoms with Gasteiger partial charge in [0.1, 0.15) is 17.2 Å². The van der Waals surface area contributed by atoms with E-state index in [-0.39, 0.29) is 11.8 Å². The zero-order valence-electron chi connectivity index (χ0n) is 24.1. The summed E-state index contributed by atoms with van der Waals surface area (Å²) in [7, 11) is 3.17. The van der Waals surface area contributed by atoms with Crippen molar-refractivity contribution in [2.45, 2.75) is 20.8 Å². The second-order valence-electron chi connectivity index (χ2n) is 9.73. The lowest BCUT2D eigenvalue weighted by Crippen LogP contribution is -2.13. The molecule has 42 heavy (non-hydrogen) atoms. The molecular weight excluding hydrogens is 530 g/mol. The molecule has 8 heteroatoms. The van der Waals surface area contributed by atoms with E-state index in [2.05, 4.69) is 5.32 Å². The highest BCUT2D eigenvalue weighted by Gasteiger charge is 2.27. The third-order valence-corrected chi connectivity index (χ3v) is 6.91. The number of carbonyl (C=O) groups excluding carboxylic acids is 2. The fourth-order valence-electron chi connectivity index (χ4n) is 4.79. The summed E-state index contributed by atoms with van der Waals surface area (Å²) in [6.45, 7) is 5.22. The average Bonchev–Trinajstić information content (AvgIpc) is 3.35. The second kappa shape index (κ2) is 12.0. The quantitative estimate of drug-likeness (QED) is 0.205. The normalized spacial score (nSPS) is 10.7. The van der Waals surface area contributed by atoms with Crippen LogP contribution in [0.4, 0.5) is 5.69 Å². The van der Waals surface area contributed by atoms with E-state index in [9.17, 15) is 9.59 Å². The molecule has 0 unspecified atom stereocenters. The van der Waals surface area contributed by atoms with Crippen molar-refractivity contribution in [2.75, 3.05) is 19.5 Å². The predicted octanol–water partition coefficient (Wildman–Crippen LogP) is 7.02. The highest BCUT2D eigenvalue weighted by atomic mass is 16.5. The SMILES string of the molecule is COc1ccc(-c2nn(-c3ccccc3C)c(OC(C)=O)c2-c2ccc(NC(=O)c3ccccc3C)cc2)c(OC)c1. The minimum atomic E-state index is -0.485. The molecule has 0 spiro atoms. The average molecular weight is 562 g/mol. The Morgan fingerprint density at radius 3 is 2.14 bits per heavy atom. The van der Waals surface area contributed by atoms with Gasteiger partial charge in [-0.15, -0.1) is 0 Å². The number of para-hydroxylation sites is 1. The van der Waals surface area contributed by atoms with Gasteiger partial charge >= 0.3 is 5.97 Å². The lowest BCUT2D eigenvalue weighted by Gasteiger charge is -2.12. The molecule has 212 valence electrons. The van der Waals surface area contributed by atoms with Crippen LogP contribution in [0.1, 0.15) is 28.4 Å². The van der Waals surface area contributed by atoms with Gasteiger partial charge in [-0.25, -0.2) is 0 Å². The number of nitrogens with one attached hydrogen (secondary N) is 1. The van der Waals surface area contributed by atoms with Gasteiger partial charge in [-0.3, -0.25) is 9.59 Å². The molecule has 0 aliphatic carbocycles. The van der Waals surface area contributed by atoms with E-state index in [4.69, 9.17) is 19.3 Å². The molecule has 0 saturated heterocycles. The van der Waals surface area contributed by atoms with E-state index in [1.807, 2.05) is 92.7 Å². The number of benzene rings is 4. The Labute approximate surface area is 244 Å². The Hall–Kier alpha value is -5.37. The summed E-state index contributed by atoms with van der Waals surface area (Å²) < 4.78 is 18.6. The van der Waals surface area contributed by atoms with E-state index in [0.717, 1.165) is 22.4 Å². The lowest BCUT2D eigenvalue weighted by atomic mass is 10.00. The standard InChI is InChI=1S/C34H31N3O5/c1-21-10-6-8-12-27(21)33(39)35-25-16-14-24(15-17-25)31-32(28-19-18-26(40-4)20-30(28)41-5)36-37(34(31)42-23(3)38)29-13-9-7-11-22(29)2/h6-20H,1-5H3,(H,35,39). The number of anilines is 1. The largest absolute Gasteiger partial charge is 0.497 e. The third kappa shape index (κ3) is 5.60. The van der Waals surface area contributed by atoms with Crippen LogP contribution < -0.4 is 19.5 Å². The summed E-state index contributed by atoms with van der Waals surface area (Å²) in [6.07, 6.45) is 0. The Kier molecular flexibility index (Phi) is 8.06. The first kappa shape index (κ1) is 28.2. The fraction of sp³-hybridized carbons (Fsp3) is 0.147. The second-order valence-corrected chi connectivity index (χ2v) is 9.73. The van der Waals surface area contributed by atoms with Crippen molar-refractivity contribution in [3.05, 3.63) is 108 Å². The minimum absolute atomic E-state index is 0.197. The van der Waals surface area contributed by atoms with Crippen molar-refractivity contribution in [1.82, 2.24) is 9.78 Å². The van der Waals surface area contributed by atoms with E-state index < -0.39 is 5.97 Å². The number of methoxy groups -OCH3 is 2. The Morgan fingerprint density at radius 1 is 0.810 bits per heavy atom. The Balaban J connectivity index is 1.67. The molecule has 1 aromatic heterocycles. The summed E-state index contributed by atoms with van der Waals surface area (Å²) in [6, 6.07) is 27.9. The number of hydrogen-bond acceptors (Lipinski definition) is 6. The van der Waals surface area contributed by atoms with Crippen LogP contribution in [0.5, 0.6) is 17.4 Å². The zero-order chi connectivity index (χ0) is 29.8. The summed E-state index contributed by atoms with van der Waals surface area (Å²) >= 11 is 0. The van der Waals surface area contributed by atoms with Gasteiger partial charge in [0.25, 0.3) is 5.91 Å². The molecule has 4 aromatic carbocycles. The molecule has 5 aromatic rings. The highest BCUT2D eigenvalue weighted by molar-refractivity contribution is 6.05. The smallest absolute Gasteiger partial charge is 0.309 e. The maximum atomic E-state index is 12.9. The Morgan fingerprint density at radius 2 is 1.50 bits per heavy atom. The van der Waals surface area contributed by atoms with E-state index in [1.165, 1.54) is 6.92 Å². The molecule has 0 saturated carbocycles. The number of aryl methyl sites for hydroxylation is 2. The zero-order valence-corrected chi connectivity index (χ0v) is 24.1. The van der Waals surface area contributed by atoms with Gasteiger partial charge in [0.2, 0.25) is 5.88 Å². The molecule has 8 nitrogen and oxygen atoms in total. The molecule has 5 rings (SSSR count). The number of hydrogen-bond donors (Lipinski definition) is 1. The van der Waals surface area contributed by atoms with Gasteiger partial charge in [-0.05, 0) is 66.9 Å². The predicted molar refractivity (Wildman–Crippen MR) is 163 cm³/mol. The van der Waals surface area contributed by atoms with Crippen molar-refractivity contribution in [3.8, 4) is 45.5 Å². The lowest BCUT2D eigenvalue weighted by molar-refractivity contribution is -0.132. The van der Waals surface area contributed by atoms with Gasteiger partial charge in [-0.1, -0.05) is 48.5 Å². The number of amides is 1. The van der Waals surface area contributed by atoms with Crippen LogP contribution in [0, 0.1) is 13.8 Å². The van der Waals surface area contributed by atoms with E-state index in [0.29, 0.717) is 39.6 Å². The molecule has 0 aliphatic heterocycles. The summed E-state index contributed by atoms with van der Waals surface area (Å²) in [4.78, 5) is 25.3. The molecule has 1 N–H and O–H groups in total. The molecule has 1 heterocycles. The molecule has 0 aliphatic rings. The van der Waals surface area contributed by atoms with Gasteiger partial charge in [0.05, 0.1) is 25.5 Å². The topological polar surface area (TPSA) is 91.7 Å². The van der Waals surface area contributed by atoms with Crippen molar-refractivity contribution in [3.63, 3.8) is 0 Å². The van der Waals surface area contributed by atoms with Crippen molar-refractivity contribution in [2.24, 2.45) is 0 Å². The van der Waals surface area contributed by atoms with Gasteiger partial charge in [-0.2, -0.15) is 9.78 Å². The fourth-order valence-corrected chi connectivity index (χ4v) is 4.79. The molecule has 0 radical (unpaired) electrons.